The Kier molecular flexibility index (Phi) is 5.09. The van der Waals surface area contributed by atoms with Gasteiger partial charge in [-0.2, -0.15) is 4.98 Å². The average Bonchev–Trinajstić information content (AvgIpc) is 3.10. The van der Waals surface area contributed by atoms with Crippen molar-refractivity contribution in [2.45, 2.75) is 19.3 Å². The summed E-state index contributed by atoms with van der Waals surface area (Å²) in [6, 6.07) is 17.4. The molecule has 6 heteroatoms. The molecule has 0 spiro atoms. The summed E-state index contributed by atoms with van der Waals surface area (Å²) in [4.78, 5) is 16.6. The van der Waals surface area contributed by atoms with E-state index in [1.807, 2.05) is 61.5 Å². The third-order valence-electron chi connectivity index (χ3n) is 3.96. The normalized spacial score (nSPS) is 11.8. The lowest BCUT2D eigenvalue weighted by Gasteiger charge is -2.10. The first-order valence-electron chi connectivity index (χ1n) is 8.08. The molecule has 0 fully saturated rings. The van der Waals surface area contributed by atoms with Gasteiger partial charge < -0.3 is 4.74 Å². The Morgan fingerprint density at radius 3 is 2.64 bits per heavy atom. The van der Waals surface area contributed by atoms with Gasteiger partial charge in [-0.3, -0.25) is 15.2 Å². The molecule has 2 aromatic carbocycles. The van der Waals surface area contributed by atoms with Crippen LogP contribution in [0.15, 0.2) is 54.6 Å². The van der Waals surface area contributed by atoms with Crippen LogP contribution in [-0.4, -0.2) is 28.2 Å². The summed E-state index contributed by atoms with van der Waals surface area (Å²) in [7, 11) is 1.60. The molecule has 0 bridgehead atoms. The lowest BCUT2D eigenvalue weighted by molar-refractivity contribution is -0.116. The number of anilines is 1. The lowest BCUT2D eigenvalue weighted by Crippen LogP contribution is -2.15. The van der Waals surface area contributed by atoms with Crippen LogP contribution < -0.4 is 10.1 Å². The molecule has 128 valence electrons. The summed E-state index contributed by atoms with van der Waals surface area (Å²) >= 11 is 0. The Bertz CT molecular complexity index is 845. The number of nitrogens with zero attached hydrogens (tertiary/aromatic N) is 2. The zero-order valence-corrected chi connectivity index (χ0v) is 14.2. The highest BCUT2D eigenvalue weighted by Crippen LogP contribution is 2.27. The number of amides is 1. The van der Waals surface area contributed by atoms with Crippen molar-refractivity contribution in [3.05, 3.63) is 60.2 Å². The minimum Gasteiger partial charge on any atom is -0.496 e. The number of benzene rings is 2. The van der Waals surface area contributed by atoms with Crippen LogP contribution in [0.1, 0.15) is 24.8 Å². The second-order valence-corrected chi connectivity index (χ2v) is 5.77. The summed E-state index contributed by atoms with van der Waals surface area (Å²) < 4.78 is 5.32. The Hall–Kier alpha value is -3.15. The van der Waals surface area contributed by atoms with Crippen LogP contribution in [0.5, 0.6) is 5.75 Å². The fourth-order valence-electron chi connectivity index (χ4n) is 2.63. The molecule has 6 nitrogen and oxygen atoms in total. The molecule has 0 saturated heterocycles. The molecule has 3 rings (SSSR count). The van der Waals surface area contributed by atoms with Crippen LogP contribution in [0.3, 0.4) is 0 Å². The third-order valence-corrected chi connectivity index (χ3v) is 3.96. The topological polar surface area (TPSA) is 79.9 Å². The maximum absolute atomic E-state index is 12.2. The molecule has 25 heavy (non-hydrogen) atoms. The van der Waals surface area contributed by atoms with Crippen LogP contribution >= 0.6 is 0 Å². The number of nitrogens with one attached hydrogen (secondary N) is 2. The van der Waals surface area contributed by atoms with Crippen molar-refractivity contribution >= 4 is 11.9 Å². The number of aromatic nitrogens is 3. The number of hydrogen-bond acceptors (Lipinski definition) is 4. The average molecular weight is 336 g/mol. The van der Waals surface area contributed by atoms with Gasteiger partial charge in [-0.05, 0) is 23.6 Å². The van der Waals surface area contributed by atoms with Crippen molar-refractivity contribution in [3.8, 4) is 17.1 Å². The molecule has 1 atom stereocenters. The van der Waals surface area contributed by atoms with Crippen molar-refractivity contribution < 1.29 is 9.53 Å². The zero-order valence-electron chi connectivity index (χ0n) is 14.2. The molecule has 3 aromatic rings. The molecule has 1 amide bonds. The molecule has 2 N–H and O–H groups in total. The SMILES string of the molecule is COc1ccccc1-c1nc(NC(=O)C[C@@H](C)c2ccccc2)n[nH]1. The number of carbonyl (C=O) groups is 1. The molecular formula is C19H20N4O2. The molecule has 0 aliphatic carbocycles. The molecule has 0 radical (unpaired) electrons. The van der Waals surface area contributed by atoms with E-state index >= 15 is 0 Å². The van der Waals surface area contributed by atoms with E-state index in [1.165, 1.54) is 0 Å². The fourth-order valence-corrected chi connectivity index (χ4v) is 2.63. The van der Waals surface area contributed by atoms with Gasteiger partial charge in [-0.1, -0.05) is 49.4 Å². The molecular weight excluding hydrogens is 316 g/mol. The number of aromatic amines is 1. The van der Waals surface area contributed by atoms with E-state index in [9.17, 15) is 4.79 Å². The predicted molar refractivity (Wildman–Crippen MR) is 96.5 cm³/mol. The van der Waals surface area contributed by atoms with Crippen molar-refractivity contribution in [2.75, 3.05) is 12.4 Å². The van der Waals surface area contributed by atoms with Crippen LogP contribution in [0.25, 0.3) is 11.4 Å². The van der Waals surface area contributed by atoms with Gasteiger partial charge in [-0.25, -0.2) is 0 Å². The monoisotopic (exact) mass is 336 g/mol. The van der Waals surface area contributed by atoms with Gasteiger partial charge in [0.1, 0.15) is 5.75 Å². The van der Waals surface area contributed by atoms with E-state index < -0.39 is 0 Å². The van der Waals surface area contributed by atoms with Crippen LogP contribution in [0.4, 0.5) is 5.95 Å². The smallest absolute Gasteiger partial charge is 0.249 e. The van der Waals surface area contributed by atoms with Crippen molar-refractivity contribution in [1.29, 1.82) is 0 Å². The van der Waals surface area contributed by atoms with E-state index in [1.54, 1.807) is 7.11 Å². The number of carbonyl (C=O) groups excluding carboxylic acids is 1. The number of hydrogen-bond donors (Lipinski definition) is 2. The molecule has 0 aliphatic rings. The second-order valence-electron chi connectivity index (χ2n) is 5.77. The van der Waals surface area contributed by atoms with Crippen molar-refractivity contribution in [1.82, 2.24) is 15.2 Å². The number of methoxy groups -OCH3 is 1. The minimum atomic E-state index is -0.123. The van der Waals surface area contributed by atoms with Gasteiger partial charge in [0.05, 0.1) is 12.7 Å². The molecule has 1 aromatic heterocycles. The van der Waals surface area contributed by atoms with Crippen molar-refractivity contribution in [2.24, 2.45) is 0 Å². The first-order chi connectivity index (χ1) is 12.2. The maximum atomic E-state index is 12.2. The van der Waals surface area contributed by atoms with Crippen LogP contribution in [0.2, 0.25) is 0 Å². The maximum Gasteiger partial charge on any atom is 0.249 e. The number of H-pyrrole nitrogens is 1. The zero-order chi connectivity index (χ0) is 17.6. The van der Waals surface area contributed by atoms with E-state index in [0.717, 1.165) is 11.1 Å². The Morgan fingerprint density at radius 2 is 1.88 bits per heavy atom. The summed E-state index contributed by atoms with van der Waals surface area (Å²) in [5.74, 6) is 1.49. The van der Waals surface area contributed by atoms with Crippen molar-refractivity contribution in [3.63, 3.8) is 0 Å². The van der Waals surface area contributed by atoms with E-state index in [2.05, 4.69) is 20.5 Å². The standard InChI is InChI=1S/C19H20N4O2/c1-13(14-8-4-3-5-9-14)12-17(24)20-19-21-18(22-23-19)15-10-6-7-11-16(15)25-2/h3-11,13H,12H2,1-2H3,(H2,20,21,22,23,24)/t13-/m1/s1. The van der Waals surface area contributed by atoms with Crippen LogP contribution in [0, 0.1) is 0 Å². The van der Waals surface area contributed by atoms with Gasteiger partial charge in [0.2, 0.25) is 11.9 Å². The summed E-state index contributed by atoms with van der Waals surface area (Å²) in [5, 5.41) is 9.63. The second kappa shape index (κ2) is 7.61. The number of ether oxygens (including phenoxy) is 1. The summed E-state index contributed by atoms with van der Waals surface area (Å²) in [6.45, 7) is 2.02. The third kappa shape index (κ3) is 4.03. The predicted octanol–water partition coefficient (Wildman–Crippen LogP) is 3.61. The first-order valence-corrected chi connectivity index (χ1v) is 8.08. The Balaban J connectivity index is 1.66. The molecule has 1 heterocycles. The van der Waals surface area contributed by atoms with E-state index in [4.69, 9.17) is 4.74 Å². The fraction of sp³-hybridized carbons (Fsp3) is 0.211. The van der Waals surface area contributed by atoms with Gasteiger partial charge in [0, 0.05) is 6.42 Å². The highest BCUT2D eigenvalue weighted by molar-refractivity contribution is 5.89. The Labute approximate surface area is 146 Å². The van der Waals surface area contributed by atoms with Crippen LogP contribution in [-0.2, 0) is 4.79 Å². The molecule has 0 saturated carbocycles. The number of rotatable bonds is 6. The highest BCUT2D eigenvalue weighted by Gasteiger charge is 2.15. The van der Waals surface area contributed by atoms with Gasteiger partial charge in [0.15, 0.2) is 5.82 Å². The van der Waals surface area contributed by atoms with E-state index in [0.29, 0.717) is 18.0 Å². The first kappa shape index (κ1) is 16.7. The van der Waals surface area contributed by atoms with Gasteiger partial charge in [0.25, 0.3) is 0 Å². The largest absolute Gasteiger partial charge is 0.496 e. The van der Waals surface area contributed by atoms with E-state index in [-0.39, 0.29) is 17.8 Å². The van der Waals surface area contributed by atoms with Gasteiger partial charge in [-0.15, -0.1) is 5.10 Å². The highest BCUT2D eigenvalue weighted by atomic mass is 16.5. The quantitative estimate of drug-likeness (QED) is 0.720. The minimum absolute atomic E-state index is 0.119. The van der Waals surface area contributed by atoms with Gasteiger partial charge >= 0.3 is 0 Å². The summed E-state index contributed by atoms with van der Waals surface area (Å²) in [5.41, 5.74) is 1.91. The molecule has 0 aliphatic heterocycles. The summed E-state index contributed by atoms with van der Waals surface area (Å²) in [6.07, 6.45) is 0.364. The number of para-hydroxylation sites is 1. The Morgan fingerprint density at radius 1 is 1.16 bits per heavy atom. The lowest BCUT2D eigenvalue weighted by atomic mass is 9.98. The molecule has 0 unspecified atom stereocenters.